The van der Waals surface area contributed by atoms with E-state index >= 15 is 0 Å². The van der Waals surface area contributed by atoms with Gasteiger partial charge in [0.1, 0.15) is 12.4 Å². The van der Waals surface area contributed by atoms with Crippen molar-refractivity contribution in [3.8, 4) is 17.2 Å². The summed E-state index contributed by atoms with van der Waals surface area (Å²) in [4.78, 5) is 0. The molecule has 0 fully saturated rings. The first-order chi connectivity index (χ1) is 8.83. The molecule has 18 heavy (non-hydrogen) atoms. The van der Waals surface area contributed by atoms with E-state index < -0.39 is 0 Å². The second-order valence-electron chi connectivity index (χ2n) is 4.37. The van der Waals surface area contributed by atoms with E-state index in [1.807, 2.05) is 18.2 Å². The molecule has 1 N–H and O–H groups in total. The Morgan fingerprint density at radius 1 is 1.28 bits per heavy atom. The van der Waals surface area contributed by atoms with Gasteiger partial charge < -0.3 is 19.5 Å². The van der Waals surface area contributed by atoms with Gasteiger partial charge >= 0.3 is 0 Å². The molecule has 1 heterocycles. The molecule has 100 valence electrons. The summed E-state index contributed by atoms with van der Waals surface area (Å²) in [7, 11) is 0. The fourth-order valence-electron chi connectivity index (χ4n) is 2.04. The lowest BCUT2D eigenvalue weighted by molar-refractivity contribution is 0.173. The van der Waals surface area contributed by atoms with Crippen LogP contribution in [0.2, 0.25) is 0 Å². The fraction of sp³-hybridized carbons (Fsp3) is 0.571. The van der Waals surface area contributed by atoms with Crippen molar-refractivity contribution in [2.24, 2.45) is 0 Å². The number of likely N-dealkylation sites (N-methyl/N-ethyl adjacent to an activating group) is 1. The summed E-state index contributed by atoms with van der Waals surface area (Å²) in [6.45, 7) is 6.25. The topological polar surface area (TPSA) is 39.7 Å². The zero-order valence-electron chi connectivity index (χ0n) is 11.1. The Labute approximate surface area is 108 Å². The minimum Gasteiger partial charge on any atom is -0.492 e. The van der Waals surface area contributed by atoms with Crippen LogP contribution in [0.1, 0.15) is 26.7 Å². The summed E-state index contributed by atoms with van der Waals surface area (Å²) in [6, 6.07) is 6.10. The maximum atomic E-state index is 5.80. The number of ether oxygens (including phenoxy) is 3. The van der Waals surface area contributed by atoms with Crippen LogP contribution in [0.5, 0.6) is 17.2 Å². The van der Waals surface area contributed by atoms with Crippen LogP contribution in [0, 0.1) is 0 Å². The third-order valence-electron chi connectivity index (χ3n) is 2.93. The van der Waals surface area contributed by atoms with Gasteiger partial charge in [-0.3, -0.25) is 0 Å². The van der Waals surface area contributed by atoms with E-state index in [4.69, 9.17) is 14.2 Å². The SMILES string of the molecule is CCCC(COc1ccc2c(c1)OCO2)NCC. The van der Waals surface area contributed by atoms with Gasteiger partial charge in [0.15, 0.2) is 11.5 Å². The van der Waals surface area contributed by atoms with E-state index in [9.17, 15) is 0 Å². The Morgan fingerprint density at radius 3 is 2.89 bits per heavy atom. The standard InChI is InChI=1S/C14H21NO3/c1-3-5-11(15-4-2)9-16-12-6-7-13-14(8-12)18-10-17-13/h6-8,11,15H,3-5,9-10H2,1-2H3. The van der Waals surface area contributed by atoms with Crippen molar-refractivity contribution < 1.29 is 14.2 Å². The molecule has 0 saturated carbocycles. The molecule has 4 heteroatoms. The number of rotatable bonds is 7. The van der Waals surface area contributed by atoms with Crippen LogP contribution in [0.15, 0.2) is 18.2 Å². The highest BCUT2D eigenvalue weighted by Gasteiger charge is 2.14. The van der Waals surface area contributed by atoms with Crippen molar-refractivity contribution in [3.05, 3.63) is 18.2 Å². The van der Waals surface area contributed by atoms with Crippen molar-refractivity contribution in [1.82, 2.24) is 5.32 Å². The van der Waals surface area contributed by atoms with E-state index in [0.29, 0.717) is 19.4 Å². The van der Waals surface area contributed by atoms with Crippen LogP contribution in [0.25, 0.3) is 0 Å². The molecule has 1 unspecified atom stereocenters. The predicted octanol–water partition coefficient (Wildman–Crippen LogP) is 2.57. The van der Waals surface area contributed by atoms with Crippen molar-refractivity contribution in [2.75, 3.05) is 19.9 Å². The lowest BCUT2D eigenvalue weighted by Crippen LogP contribution is -2.34. The first-order valence-corrected chi connectivity index (χ1v) is 6.59. The average molecular weight is 251 g/mol. The van der Waals surface area contributed by atoms with Crippen molar-refractivity contribution >= 4 is 0 Å². The molecule has 0 radical (unpaired) electrons. The van der Waals surface area contributed by atoms with E-state index in [1.54, 1.807) is 0 Å². The van der Waals surface area contributed by atoms with Crippen molar-refractivity contribution in [3.63, 3.8) is 0 Å². The largest absolute Gasteiger partial charge is 0.492 e. The zero-order chi connectivity index (χ0) is 12.8. The molecule has 1 aliphatic rings. The molecule has 0 amide bonds. The molecule has 4 nitrogen and oxygen atoms in total. The summed E-state index contributed by atoms with van der Waals surface area (Å²) in [5, 5.41) is 3.43. The van der Waals surface area contributed by atoms with Crippen molar-refractivity contribution in [2.45, 2.75) is 32.7 Å². The monoisotopic (exact) mass is 251 g/mol. The second kappa shape index (κ2) is 6.50. The van der Waals surface area contributed by atoms with Gasteiger partial charge in [-0.25, -0.2) is 0 Å². The van der Waals surface area contributed by atoms with Gasteiger partial charge in [-0.15, -0.1) is 0 Å². The molecule has 1 atom stereocenters. The molecular weight excluding hydrogens is 230 g/mol. The normalized spacial score (nSPS) is 14.6. The summed E-state index contributed by atoms with van der Waals surface area (Å²) < 4.78 is 16.4. The highest BCUT2D eigenvalue weighted by atomic mass is 16.7. The molecule has 0 aromatic heterocycles. The van der Waals surface area contributed by atoms with Gasteiger partial charge in [0.25, 0.3) is 0 Å². The van der Waals surface area contributed by atoms with E-state index in [-0.39, 0.29) is 0 Å². The number of fused-ring (bicyclic) bond motifs is 1. The molecular formula is C14H21NO3. The predicted molar refractivity (Wildman–Crippen MR) is 70.4 cm³/mol. The van der Waals surface area contributed by atoms with Crippen molar-refractivity contribution in [1.29, 1.82) is 0 Å². The Balaban J connectivity index is 1.88. The number of benzene rings is 1. The highest BCUT2D eigenvalue weighted by molar-refractivity contribution is 5.46. The molecule has 0 aliphatic carbocycles. The Hall–Kier alpha value is -1.42. The maximum Gasteiger partial charge on any atom is 0.231 e. The maximum absolute atomic E-state index is 5.80. The van der Waals surface area contributed by atoms with Crippen LogP contribution in [-0.2, 0) is 0 Å². The lowest BCUT2D eigenvalue weighted by Gasteiger charge is -2.17. The Morgan fingerprint density at radius 2 is 2.11 bits per heavy atom. The molecule has 2 rings (SSSR count). The van der Waals surface area contributed by atoms with E-state index in [0.717, 1.165) is 36.6 Å². The summed E-state index contributed by atoms with van der Waals surface area (Å²) >= 11 is 0. The lowest BCUT2D eigenvalue weighted by atomic mass is 10.2. The molecule has 0 saturated heterocycles. The highest BCUT2D eigenvalue weighted by Crippen LogP contribution is 2.35. The number of hydrogen-bond acceptors (Lipinski definition) is 4. The Kier molecular flexibility index (Phi) is 4.70. The van der Waals surface area contributed by atoms with Crippen LogP contribution < -0.4 is 19.5 Å². The van der Waals surface area contributed by atoms with Gasteiger partial charge in [0, 0.05) is 12.1 Å². The fourth-order valence-corrected chi connectivity index (χ4v) is 2.04. The minimum absolute atomic E-state index is 0.300. The van der Waals surface area contributed by atoms with Crippen LogP contribution >= 0.6 is 0 Å². The third-order valence-corrected chi connectivity index (χ3v) is 2.93. The Bertz CT molecular complexity index is 375. The quantitative estimate of drug-likeness (QED) is 0.808. The number of nitrogens with one attached hydrogen (secondary N) is 1. The molecule has 1 aliphatic heterocycles. The third kappa shape index (κ3) is 3.29. The van der Waals surface area contributed by atoms with Gasteiger partial charge in [0.05, 0.1) is 0 Å². The molecule has 0 spiro atoms. The summed E-state index contributed by atoms with van der Waals surface area (Å²) in [5.74, 6) is 2.39. The van der Waals surface area contributed by atoms with E-state index in [2.05, 4.69) is 19.2 Å². The van der Waals surface area contributed by atoms with E-state index in [1.165, 1.54) is 0 Å². The molecule has 1 aromatic carbocycles. The van der Waals surface area contributed by atoms with Crippen LogP contribution in [0.4, 0.5) is 0 Å². The van der Waals surface area contributed by atoms with Crippen LogP contribution in [0.3, 0.4) is 0 Å². The molecule has 0 bridgehead atoms. The van der Waals surface area contributed by atoms with Gasteiger partial charge in [-0.1, -0.05) is 20.3 Å². The smallest absolute Gasteiger partial charge is 0.231 e. The zero-order valence-corrected chi connectivity index (χ0v) is 11.1. The average Bonchev–Trinajstić information content (AvgIpc) is 2.84. The first-order valence-electron chi connectivity index (χ1n) is 6.59. The second-order valence-corrected chi connectivity index (χ2v) is 4.37. The van der Waals surface area contributed by atoms with Gasteiger partial charge in [-0.2, -0.15) is 0 Å². The summed E-state index contributed by atoms with van der Waals surface area (Å²) in [5.41, 5.74) is 0. The van der Waals surface area contributed by atoms with Crippen LogP contribution in [-0.4, -0.2) is 26.0 Å². The number of hydrogen-bond donors (Lipinski definition) is 1. The summed E-state index contributed by atoms with van der Waals surface area (Å²) in [6.07, 6.45) is 2.28. The van der Waals surface area contributed by atoms with Gasteiger partial charge in [0.2, 0.25) is 6.79 Å². The van der Waals surface area contributed by atoms with Gasteiger partial charge in [-0.05, 0) is 25.1 Å². The first kappa shape index (κ1) is 13.0. The minimum atomic E-state index is 0.300. The molecule has 1 aromatic rings.